The molecule has 3 rings (SSSR count). The third-order valence-corrected chi connectivity index (χ3v) is 5.58. The topological polar surface area (TPSA) is 84.5 Å². The minimum atomic E-state index is -3.86. The number of nitrogens with one attached hydrogen (secondary N) is 2. The molecule has 0 unspecified atom stereocenters. The highest BCUT2D eigenvalue weighted by Gasteiger charge is 2.14. The molecular formula is C20H15Cl2FN2O4S. The molecule has 0 fully saturated rings. The van der Waals surface area contributed by atoms with Crippen LogP contribution in [0, 0.1) is 5.82 Å². The average Bonchev–Trinajstić information content (AvgIpc) is 2.67. The minimum absolute atomic E-state index is 0.0165. The molecule has 2 N–H and O–H groups in total. The number of sulfonamides is 1. The lowest BCUT2D eigenvalue weighted by atomic mass is 10.3. The van der Waals surface area contributed by atoms with Crippen LogP contribution in [0.4, 0.5) is 15.8 Å². The van der Waals surface area contributed by atoms with Gasteiger partial charge >= 0.3 is 0 Å². The minimum Gasteiger partial charge on any atom is -0.484 e. The fraction of sp³-hybridized carbons (Fsp3) is 0.0500. The van der Waals surface area contributed by atoms with Crippen molar-refractivity contribution in [3.05, 3.63) is 82.6 Å². The normalized spacial score (nSPS) is 11.0. The summed E-state index contributed by atoms with van der Waals surface area (Å²) in [6.45, 7) is -0.302. The number of carbonyl (C=O) groups is 1. The molecule has 0 spiro atoms. The summed E-state index contributed by atoms with van der Waals surface area (Å²) in [5.41, 5.74) is 0.656. The second-order valence-electron chi connectivity index (χ2n) is 6.08. The van der Waals surface area contributed by atoms with E-state index in [-0.39, 0.29) is 17.2 Å². The monoisotopic (exact) mass is 468 g/mol. The zero-order chi connectivity index (χ0) is 21.7. The lowest BCUT2D eigenvalue weighted by Crippen LogP contribution is -2.20. The number of amides is 1. The van der Waals surface area contributed by atoms with E-state index in [1.54, 1.807) is 12.1 Å². The van der Waals surface area contributed by atoms with Crippen molar-refractivity contribution in [2.24, 2.45) is 0 Å². The maximum atomic E-state index is 12.9. The van der Waals surface area contributed by atoms with Crippen molar-refractivity contribution in [3.8, 4) is 5.75 Å². The highest BCUT2D eigenvalue weighted by molar-refractivity contribution is 7.92. The number of benzene rings is 3. The quantitative estimate of drug-likeness (QED) is 0.513. The van der Waals surface area contributed by atoms with E-state index in [0.717, 1.165) is 12.1 Å². The Kier molecular flexibility index (Phi) is 6.81. The van der Waals surface area contributed by atoms with Gasteiger partial charge in [-0.25, -0.2) is 12.8 Å². The molecule has 0 aliphatic carbocycles. The molecule has 0 bridgehead atoms. The molecule has 0 aliphatic heterocycles. The largest absolute Gasteiger partial charge is 0.484 e. The van der Waals surface area contributed by atoms with Gasteiger partial charge in [-0.2, -0.15) is 0 Å². The van der Waals surface area contributed by atoms with E-state index < -0.39 is 21.7 Å². The highest BCUT2D eigenvalue weighted by atomic mass is 35.5. The first-order chi connectivity index (χ1) is 14.2. The number of ether oxygens (including phenoxy) is 1. The summed E-state index contributed by atoms with van der Waals surface area (Å²) in [6, 6.07) is 15.0. The average molecular weight is 469 g/mol. The molecule has 0 atom stereocenters. The first-order valence-electron chi connectivity index (χ1n) is 8.48. The van der Waals surface area contributed by atoms with Gasteiger partial charge in [0.05, 0.1) is 4.90 Å². The molecule has 0 heterocycles. The first kappa shape index (κ1) is 21.9. The van der Waals surface area contributed by atoms with Gasteiger partial charge in [0.25, 0.3) is 15.9 Å². The summed E-state index contributed by atoms with van der Waals surface area (Å²) in [7, 11) is -3.86. The summed E-state index contributed by atoms with van der Waals surface area (Å²) in [4.78, 5) is 12.0. The van der Waals surface area contributed by atoms with Crippen molar-refractivity contribution >= 4 is 50.5 Å². The van der Waals surface area contributed by atoms with Crippen LogP contribution < -0.4 is 14.8 Å². The van der Waals surface area contributed by atoms with Gasteiger partial charge in [0.2, 0.25) is 0 Å². The molecule has 156 valence electrons. The predicted octanol–water partition coefficient (Wildman–Crippen LogP) is 4.95. The van der Waals surface area contributed by atoms with E-state index in [2.05, 4.69) is 10.0 Å². The van der Waals surface area contributed by atoms with Crippen molar-refractivity contribution in [1.82, 2.24) is 0 Å². The summed E-state index contributed by atoms with van der Waals surface area (Å²) < 4.78 is 45.4. The van der Waals surface area contributed by atoms with E-state index in [9.17, 15) is 17.6 Å². The molecule has 3 aromatic carbocycles. The fourth-order valence-electron chi connectivity index (χ4n) is 2.42. The molecular weight excluding hydrogens is 454 g/mol. The maximum absolute atomic E-state index is 12.9. The van der Waals surface area contributed by atoms with Gasteiger partial charge in [-0.15, -0.1) is 0 Å². The smallest absolute Gasteiger partial charge is 0.262 e. The number of anilines is 2. The highest BCUT2D eigenvalue weighted by Crippen LogP contribution is 2.23. The van der Waals surface area contributed by atoms with Crippen LogP contribution in [-0.4, -0.2) is 20.9 Å². The van der Waals surface area contributed by atoms with Gasteiger partial charge in [0.1, 0.15) is 11.6 Å². The van der Waals surface area contributed by atoms with E-state index in [1.807, 2.05) is 0 Å². The molecule has 30 heavy (non-hydrogen) atoms. The van der Waals surface area contributed by atoms with Crippen molar-refractivity contribution in [3.63, 3.8) is 0 Å². The summed E-state index contributed by atoms with van der Waals surface area (Å²) in [5.74, 6) is -0.611. The van der Waals surface area contributed by atoms with Crippen LogP contribution in [0.3, 0.4) is 0 Å². The van der Waals surface area contributed by atoms with E-state index in [4.69, 9.17) is 27.9 Å². The number of carbonyl (C=O) groups excluding carboxylic acids is 1. The molecule has 0 aliphatic rings. The third kappa shape index (κ3) is 6.09. The zero-order valence-electron chi connectivity index (χ0n) is 15.2. The SMILES string of the molecule is O=C(COc1ccc(S(=O)(=O)Nc2ccc(F)cc2)cc1)Nc1cc(Cl)cc(Cl)c1. The van der Waals surface area contributed by atoms with Crippen LogP contribution in [0.25, 0.3) is 0 Å². The summed E-state index contributed by atoms with van der Waals surface area (Å²) in [5, 5.41) is 3.35. The van der Waals surface area contributed by atoms with Crippen LogP contribution in [0.2, 0.25) is 10.0 Å². The fourth-order valence-corrected chi connectivity index (χ4v) is 4.00. The number of hydrogen-bond donors (Lipinski definition) is 2. The molecule has 0 aromatic heterocycles. The van der Waals surface area contributed by atoms with Crippen molar-refractivity contribution in [2.75, 3.05) is 16.6 Å². The Morgan fingerprint density at radius 1 is 0.900 bits per heavy atom. The molecule has 1 amide bonds. The third-order valence-electron chi connectivity index (χ3n) is 3.75. The van der Waals surface area contributed by atoms with Gasteiger partial charge in [-0.05, 0) is 66.7 Å². The Balaban J connectivity index is 1.58. The lowest BCUT2D eigenvalue weighted by molar-refractivity contribution is -0.118. The number of rotatable bonds is 7. The van der Waals surface area contributed by atoms with E-state index >= 15 is 0 Å². The van der Waals surface area contributed by atoms with Crippen LogP contribution in [-0.2, 0) is 14.8 Å². The van der Waals surface area contributed by atoms with E-state index in [0.29, 0.717) is 21.5 Å². The van der Waals surface area contributed by atoms with Crippen LogP contribution >= 0.6 is 23.2 Å². The van der Waals surface area contributed by atoms with Gasteiger partial charge in [-0.3, -0.25) is 9.52 Å². The Bertz CT molecular complexity index is 1130. The molecule has 10 heteroatoms. The maximum Gasteiger partial charge on any atom is 0.262 e. The van der Waals surface area contributed by atoms with Gasteiger partial charge in [0, 0.05) is 21.4 Å². The van der Waals surface area contributed by atoms with Crippen LogP contribution in [0.15, 0.2) is 71.6 Å². The molecule has 3 aromatic rings. The molecule has 0 saturated carbocycles. The van der Waals surface area contributed by atoms with Gasteiger partial charge in [0.15, 0.2) is 6.61 Å². The Morgan fingerprint density at radius 3 is 2.10 bits per heavy atom. The summed E-state index contributed by atoms with van der Waals surface area (Å²) in [6.07, 6.45) is 0. The summed E-state index contributed by atoms with van der Waals surface area (Å²) >= 11 is 11.8. The number of hydrogen-bond acceptors (Lipinski definition) is 4. The first-order valence-corrected chi connectivity index (χ1v) is 10.7. The second kappa shape index (κ2) is 9.34. The van der Waals surface area contributed by atoms with Crippen LogP contribution in [0.1, 0.15) is 0 Å². The predicted molar refractivity (Wildman–Crippen MR) is 114 cm³/mol. The van der Waals surface area contributed by atoms with Crippen molar-refractivity contribution < 1.29 is 22.3 Å². The van der Waals surface area contributed by atoms with E-state index in [1.165, 1.54) is 42.5 Å². The van der Waals surface area contributed by atoms with Crippen molar-refractivity contribution in [1.29, 1.82) is 0 Å². The Morgan fingerprint density at radius 2 is 1.50 bits per heavy atom. The number of halogens is 3. The molecule has 0 saturated heterocycles. The molecule has 6 nitrogen and oxygen atoms in total. The second-order valence-corrected chi connectivity index (χ2v) is 8.63. The van der Waals surface area contributed by atoms with Gasteiger partial charge in [-0.1, -0.05) is 23.2 Å². The Labute approximate surface area is 182 Å². The standard InChI is InChI=1S/C20H15Cl2FN2O4S/c21-13-9-14(22)11-17(10-13)24-20(26)12-29-18-5-7-19(8-6-18)30(27,28)25-16-3-1-15(23)2-4-16/h1-11,25H,12H2,(H,24,26). The van der Waals surface area contributed by atoms with Crippen molar-refractivity contribution in [2.45, 2.75) is 4.90 Å². The van der Waals surface area contributed by atoms with Gasteiger partial charge < -0.3 is 10.1 Å². The lowest BCUT2D eigenvalue weighted by Gasteiger charge is -2.10. The zero-order valence-corrected chi connectivity index (χ0v) is 17.6. The Hall–Kier alpha value is -2.81. The molecule has 0 radical (unpaired) electrons. The van der Waals surface area contributed by atoms with Crippen LogP contribution in [0.5, 0.6) is 5.75 Å².